The van der Waals surface area contributed by atoms with Gasteiger partial charge in [0.1, 0.15) is 39.9 Å². The van der Waals surface area contributed by atoms with E-state index in [0.717, 1.165) is 31.2 Å². The van der Waals surface area contributed by atoms with Crippen molar-refractivity contribution in [2.45, 2.75) is 167 Å². The van der Waals surface area contributed by atoms with E-state index in [-0.39, 0.29) is 80.9 Å². The Labute approximate surface area is 473 Å². The number of aliphatic hydroxyl groups is 4. The molecule has 0 aliphatic heterocycles. The molecule has 7 N–H and O–H groups in total. The second kappa shape index (κ2) is 25.4. The van der Waals surface area contributed by atoms with Gasteiger partial charge in [-0.05, 0) is 221 Å². The van der Waals surface area contributed by atoms with Crippen LogP contribution < -0.4 is 20.5 Å². The molecular weight excluding hydrogens is 1050 g/mol. The van der Waals surface area contributed by atoms with Gasteiger partial charge in [-0.25, -0.2) is 23.5 Å². The van der Waals surface area contributed by atoms with Crippen molar-refractivity contribution in [2.75, 3.05) is 0 Å². The second-order valence-corrected chi connectivity index (χ2v) is 23.2. The number of aromatic nitrogens is 2. The maximum Gasteiger partial charge on any atom is 0.408 e. The number of Topliss-reactive ketones (excluding diaryl/α,β-unsaturated/α-hetero) is 2. The fourth-order valence-corrected chi connectivity index (χ4v) is 8.49. The third-order valence-corrected chi connectivity index (χ3v) is 13.7. The predicted octanol–water partition coefficient (Wildman–Crippen LogP) is 12.0. The molecule has 2 atom stereocenters. The number of ketones is 2. The topological polar surface area (TPSA) is 224 Å². The number of carbonyl (C=O) groups is 3. The number of nitrogens with one attached hydrogen (secondary N) is 1. The van der Waals surface area contributed by atoms with Gasteiger partial charge in [-0.15, -0.1) is 12.4 Å². The minimum Gasteiger partial charge on any atom is -0.490 e. The Hall–Kier alpha value is -6.66. The molecule has 428 valence electrons. The first-order valence-electron chi connectivity index (χ1n) is 26.7. The van der Waals surface area contributed by atoms with Crippen molar-refractivity contribution in [1.29, 1.82) is 0 Å². The quantitative estimate of drug-likeness (QED) is 0.0370. The van der Waals surface area contributed by atoms with Gasteiger partial charge in [0.25, 0.3) is 0 Å². The van der Waals surface area contributed by atoms with Crippen molar-refractivity contribution in [1.82, 2.24) is 15.3 Å². The van der Waals surface area contributed by atoms with E-state index in [2.05, 4.69) is 10.3 Å². The van der Waals surface area contributed by atoms with E-state index >= 15 is 0 Å². The summed E-state index contributed by atoms with van der Waals surface area (Å²) in [5, 5.41) is 45.4. The van der Waals surface area contributed by atoms with Gasteiger partial charge in [-0.2, -0.15) is 0 Å². The average Bonchev–Trinajstić information content (AvgIpc) is 4.35. The number of aliphatic hydroxyl groups excluding tert-OH is 2. The molecule has 80 heavy (non-hydrogen) atoms. The summed E-state index contributed by atoms with van der Waals surface area (Å²) in [7, 11) is 0. The number of ether oxygens (including phenoxy) is 3. The molecule has 2 aliphatic rings. The molecule has 0 bridgehead atoms. The van der Waals surface area contributed by atoms with Gasteiger partial charge in [0.2, 0.25) is 0 Å². The summed E-state index contributed by atoms with van der Waals surface area (Å²) >= 11 is 0. The van der Waals surface area contributed by atoms with Crippen LogP contribution in [-0.4, -0.2) is 65.9 Å². The number of alkyl carbamates (subject to hydrolysis) is 1. The number of nitrogens with two attached hydrogens (primary N) is 1. The molecule has 2 unspecified atom stereocenters. The molecular formula is C63H75ClF2N4O10. The summed E-state index contributed by atoms with van der Waals surface area (Å²) in [6, 6.07) is 28.9. The van der Waals surface area contributed by atoms with Crippen molar-refractivity contribution >= 4 is 30.1 Å². The number of hydrogen-bond acceptors (Lipinski definition) is 13. The highest BCUT2D eigenvalue weighted by Crippen LogP contribution is 2.37. The number of pyridine rings is 2. The highest BCUT2D eigenvalue weighted by molar-refractivity contribution is 5.97. The van der Waals surface area contributed by atoms with Gasteiger partial charge >= 0.3 is 6.09 Å². The Kier molecular flexibility index (Phi) is 19.9. The molecule has 2 heterocycles. The smallest absolute Gasteiger partial charge is 0.408 e. The number of halogens is 3. The molecule has 8 rings (SSSR count). The van der Waals surface area contributed by atoms with Gasteiger partial charge in [-0.3, -0.25) is 9.59 Å². The molecule has 2 aromatic heterocycles. The Morgan fingerprint density at radius 1 is 0.588 bits per heavy atom. The molecule has 0 spiro atoms. The third-order valence-electron chi connectivity index (χ3n) is 13.7. The van der Waals surface area contributed by atoms with E-state index in [1.165, 1.54) is 24.3 Å². The fraction of sp³-hybridized carbons (Fsp3) is 0.413. The monoisotopic (exact) mass is 1120 g/mol. The van der Waals surface area contributed by atoms with Crippen LogP contribution >= 0.6 is 12.4 Å². The normalized spacial score (nSPS) is 15.0. The van der Waals surface area contributed by atoms with Crippen LogP contribution in [0.4, 0.5) is 13.6 Å². The lowest BCUT2D eigenvalue weighted by Gasteiger charge is -2.31. The maximum absolute atomic E-state index is 13.7. The number of rotatable bonds is 21. The standard InChI is InChI=1S/C34H41FN2O6.C29H33FN2O4.ClH/c1-32(2,3)43-31(40)37-33(4,5)24-18-27(21-7-10-25(35)11-8-21)36-30(19-24)34(6,41)16-15-28(39)22-9-14-29(23(17-22)20-38)42-26-12-13-26;1-28(2,31)21-15-24(18-4-7-22(30)8-5-18)32-27(16-21)29(3,35)13-12-25(34)19-6-11-26(20(14-19)17-33)36-23-9-10-23;/h7-11,14,17-19,26,38,41H,12-13,15-16,20H2,1-6H3,(H,37,40);4-8,11,14-16,23,33,35H,9-10,12-13,17,31H2,1-3H3;1H. The Morgan fingerprint density at radius 2 is 0.975 bits per heavy atom. The van der Waals surface area contributed by atoms with Crippen molar-refractivity contribution in [3.05, 3.63) is 166 Å². The summed E-state index contributed by atoms with van der Waals surface area (Å²) in [6.45, 7) is 15.4. The Morgan fingerprint density at radius 3 is 1.34 bits per heavy atom. The van der Waals surface area contributed by atoms with Crippen molar-refractivity contribution < 1.29 is 57.8 Å². The number of benzene rings is 4. The molecule has 2 saturated carbocycles. The van der Waals surface area contributed by atoms with Crippen LogP contribution in [-0.2, 0) is 40.2 Å². The Bertz CT molecular complexity index is 3150. The van der Waals surface area contributed by atoms with Crippen LogP contribution in [0.25, 0.3) is 22.5 Å². The number of carbonyl (C=O) groups excluding carboxylic acids is 3. The predicted molar refractivity (Wildman–Crippen MR) is 304 cm³/mol. The minimum atomic E-state index is -1.53. The number of amides is 1. The van der Waals surface area contributed by atoms with Crippen molar-refractivity contribution in [2.24, 2.45) is 5.73 Å². The van der Waals surface area contributed by atoms with E-state index in [4.69, 9.17) is 24.9 Å². The van der Waals surface area contributed by atoms with E-state index in [1.54, 1.807) is 127 Å². The first-order valence-corrected chi connectivity index (χ1v) is 26.7. The zero-order valence-electron chi connectivity index (χ0n) is 47.0. The summed E-state index contributed by atoms with van der Waals surface area (Å²) in [4.78, 5) is 48.2. The molecule has 0 saturated heterocycles. The van der Waals surface area contributed by atoms with Crippen LogP contribution in [0.3, 0.4) is 0 Å². The molecule has 2 fully saturated rings. The first-order chi connectivity index (χ1) is 37.0. The molecule has 6 aromatic rings. The van der Waals surface area contributed by atoms with Crippen molar-refractivity contribution in [3.8, 4) is 34.0 Å². The number of nitrogens with zero attached hydrogens (tertiary/aromatic N) is 2. The molecule has 1 amide bonds. The molecule has 2 aliphatic carbocycles. The van der Waals surface area contributed by atoms with Crippen LogP contribution in [0.5, 0.6) is 11.5 Å². The van der Waals surface area contributed by atoms with Gasteiger partial charge in [0.05, 0.1) is 53.7 Å². The highest BCUT2D eigenvalue weighted by atomic mass is 35.5. The summed E-state index contributed by atoms with van der Waals surface area (Å²) < 4.78 is 44.2. The van der Waals surface area contributed by atoms with E-state index in [1.807, 2.05) is 19.9 Å². The molecule has 17 heteroatoms. The van der Waals surface area contributed by atoms with Gasteiger partial charge in [-0.1, -0.05) is 0 Å². The highest BCUT2D eigenvalue weighted by Gasteiger charge is 2.34. The summed E-state index contributed by atoms with van der Waals surface area (Å²) in [5.41, 5.74) is 7.48. The summed E-state index contributed by atoms with van der Waals surface area (Å²) in [6.07, 6.45) is 3.98. The first kappa shape index (κ1) is 62.5. The molecule has 14 nitrogen and oxygen atoms in total. The SMILES string of the molecule is CC(C)(C)OC(=O)NC(C)(C)c1cc(-c2ccc(F)cc2)nc(C(C)(O)CCC(=O)c2ccc(OC3CC3)c(CO)c2)c1.CC(C)(N)c1cc(-c2ccc(F)cc2)nc(C(C)(O)CCC(=O)c2ccc(OC3CC3)c(CO)c2)c1.Cl. The number of hydrogen-bond donors (Lipinski definition) is 6. The maximum atomic E-state index is 13.7. The molecule has 0 radical (unpaired) electrons. The third kappa shape index (κ3) is 17.2. The lowest BCUT2D eigenvalue weighted by Crippen LogP contribution is -2.44. The van der Waals surface area contributed by atoms with Gasteiger partial charge in [0, 0.05) is 51.8 Å². The zero-order valence-corrected chi connectivity index (χ0v) is 47.8. The second-order valence-electron chi connectivity index (χ2n) is 23.2. The lowest BCUT2D eigenvalue weighted by atomic mass is 9.87. The molecule has 4 aromatic carbocycles. The van der Waals surface area contributed by atoms with Crippen LogP contribution in [0.1, 0.15) is 168 Å². The minimum absolute atomic E-state index is 0. The van der Waals surface area contributed by atoms with E-state index in [0.29, 0.717) is 73.2 Å². The van der Waals surface area contributed by atoms with E-state index in [9.17, 15) is 43.6 Å². The largest absolute Gasteiger partial charge is 0.490 e. The van der Waals surface area contributed by atoms with E-state index < -0.39 is 39.8 Å². The zero-order chi connectivity index (χ0) is 57.7. The van der Waals surface area contributed by atoms with Crippen LogP contribution in [0.2, 0.25) is 0 Å². The fourth-order valence-electron chi connectivity index (χ4n) is 8.49. The van der Waals surface area contributed by atoms with Crippen molar-refractivity contribution in [3.63, 3.8) is 0 Å². The van der Waals surface area contributed by atoms with Crippen LogP contribution in [0.15, 0.2) is 109 Å². The van der Waals surface area contributed by atoms with Crippen LogP contribution in [0, 0.1) is 11.6 Å². The summed E-state index contributed by atoms with van der Waals surface area (Å²) in [5.74, 6) is 0.0740. The van der Waals surface area contributed by atoms with Gasteiger partial charge in [0.15, 0.2) is 11.6 Å². The van der Waals surface area contributed by atoms with Gasteiger partial charge < -0.3 is 45.7 Å². The Balaban J connectivity index is 0.000000259. The average molecular weight is 1120 g/mol. The lowest BCUT2D eigenvalue weighted by molar-refractivity contribution is 0.0393.